The lowest BCUT2D eigenvalue weighted by molar-refractivity contribution is -0.146. The zero-order chi connectivity index (χ0) is 12.5. The van der Waals surface area contributed by atoms with Crippen molar-refractivity contribution in [1.82, 2.24) is 4.98 Å². The van der Waals surface area contributed by atoms with Crippen LogP contribution in [0.4, 0.5) is 0 Å². The number of carbonyl (C=O) groups excluding carboxylic acids is 1. The van der Waals surface area contributed by atoms with Crippen LogP contribution >= 0.6 is 0 Å². The minimum absolute atomic E-state index is 0.298. The lowest BCUT2D eigenvalue weighted by Crippen LogP contribution is -2.18. The topological polar surface area (TPSA) is 63.0 Å². The van der Waals surface area contributed by atoms with Crippen molar-refractivity contribution in [1.29, 1.82) is 5.41 Å². The van der Waals surface area contributed by atoms with E-state index in [4.69, 9.17) is 10.1 Å². The SMILES string of the molecule is CCC(C=N)C(=O)OCCCc1cccnc1. The first kappa shape index (κ1) is 13.4. The number of hydrogen-bond donors (Lipinski definition) is 1. The second-order valence-electron chi connectivity index (χ2n) is 3.81. The molecule has 0 amide bonds. The van der Waals surface area contributed by atoms with E-state index in [1.807, 2.05) is 25.3 Å². The van der Waals surface area contributed by atoms with Crippen LogP contribution in [0.15, 0.2) is 24.5 Å². The number of ether oxygens (including phenoxy) is 1. The van der Waals surface area contributed by atoms with E-state index in [-0.39, 0.29) is 5.97 Å². The van der Waals surface area contributed by atoms with Crippen molar-refractivity contribution >= 4 is 12.2 Å². The highest BCUT2D eigenvalue weighted by molar-refractivity contribution is 5.88. The number of nitrogens with one attached hydrogen (secondary N) is 1. The molecular formula is C13H18N2O2. The Labute approximate surface area is 102 Å². The molecule has 1 heterocycles. The van der Waals surface area contributed by atoms with Gasteiger partial charge in [-0.1, -0.05) is 13.0 Å². The molecule has 4 heteroatoms. The molecule has 0 aliphatic heterocycles. The maximum Gasteiger partial charge on any atom is 0.314 e. The minimum Gasteiger partial charge on any atom is -0.465 e. The fraction of sp³-hybridized carbons (Fsp3) is 0.462. The first-order valence-corrected chi connectivity index (χ1v) is 5.84. The van der Waals surface area contributed by atoms with Crippen LogP contribution in [0.5, 0.6) is 0 Å². The van der Waals surface area contributed by atoms with Gasteiger partial charge in [0, 0.05) is 18.6 Å². The molecule has 1 aromatic heterocycles. The van der Waals surface area contributed by atoms with E-state index < -0.39 is 5.92 Å². The van der Waals surface area contributed by atoms with Crippen LogP contribution in [-0.4, -0.2) is 23.8 Å². The maximum absolute atomic E-state index is 11.4. The Morgan fingerprint density at radius 1 is 1.65 bits per heavy atom. The van der Waals surface area contributed by atoms with Gasteiger partial charge in [-0.25, -0.2) is 0 Å². The Bertz CT molecular complexity index is 352. The highest BCUT2D eigenvalue weighted by atomic mass is 16.5. The smallest absolute Gasteiger partial charge is 0.314 e. The molecule has 1 aromatic rings. The van der Waals surface area contributed by atoms with Crippen LogP contribution in [0.2, 0.25) is 0 Å². The number of carbonyl (C=O) groups is 1. The largest absolute Gasteiger partial charge is 0.465 e. The zero-order valence-corrected chi connectivity index (χ0v) is 10.1. The van der Waals surface area contributed by atoms with Gasteiger partial charge < -0.3 is 10.1 Å². The van der Waals surface area contributed by atoms with E-state index in [2.05, 4.69) is 4.98 Å². The summed E-state index contributed by atoms with van der Waals surface area (Å²) in [4.78, 5) is 15.4. The molecule has 0 bridgehead atoms. The standard InChI is InChI=1S/C13H18N2O2/c1-2-12(9-14)13(16)17-8-4-6-11-5-3-7-15-10-11/h3,5,7,9-10,12,14H,2,4,6,8H2,1H3. The van der Waals surface area contributed by atoms with E-state index in [0.717, 1.165) is 24.6 Å². The van der Waals surface area contributed by atoms with E-state index in [9.17, 15) is 4.79 Å². The van der Waals surface area contributed by atoms with Gasteiger partial charge in [0.2, 0.25) is 0 Å². The average Bonchev–Trinajstić information content (AvgIpc) is 2.37. The van der Waals surface area contributed by atoms with Crippen LogP contribution < -0.4 is 0 Å². The molecule has 0 saturated carbocycles. The Morgan fingerprint density at radius 2 is 2.47 bits per heavy atom. The number of aromatic nitrogens is 1. The van der Waals surface area contributed by atoms with E-state index in [1.165, 1.54) is 0 Å². The quantitative estimate of drug-likeness (QED) is 0.447. The predicted octanol–water partition coefficient (Wildman–Crippen LogP) is 2.23. The summed E-state index contributed by atoms with van der Waals surface area (Å²) in [5.74, 6) is -0.693. The van der Waals surface area contributed by atoms with Crippen molar-refractivity contribution in [2.24, 2.45) is 5.92 Å². The molecule has 0 aromatic carbocycles. The fourth-order valence-corrected chi connectivity index (χ4v) is 1.45. The van der Waals surface area contributed by atoms with E-state index in [0.29, 0.717) is 13.0 Å². The molecule has 0 fully saturated rings. The summed E-state index contributed by atoms with van der Waals surface area (Å²) in [5, 5.41) is 7.07. The molecule has 1 N–H and O–H groups in total. The number of rotatable bonds is 7. The van der Waals surface area contributed by atoms with Crippen molar-refractivity contribution in [3.63, 3.8) is 0 Å². The highest BCUT2D eigenvalue weighted by Gasteiger charge is 2.14. The summed E-state index contributed by atoms with van der Waals surface area (Å²) in [5.41, 5.74) is 1.14. The van der Waals surface area contributed by atoms with Crippen LogP contribution in [-0.2, 0) is 16.0 Å². The lowest BCUT2D eigenvalue weighted by atomic mass is 10.1. The molecule has 1 rings (SSSR count). The highest BCUT2D eigenvalue weighted by Crippen LogP contribution is 2.04. The van der Waals surface area contributed by atoms with E-state index >= 15 is 0 Å². The monoisotopic (exact) mass is 234 g/mol. The second kappa shape index (κ2) is 7.54. The summed E-state index contributed by atoms with van der Waals surface area (Å²) < 4.78 is 5.10. The summed E-state index contributed by atoms with van der Waals surface area (Å²) in [6.45, 7) is 2.27. The summed E-state index contributed by atoms with van der Waals surface area (Å²) in [6.07, 6.45) is 6.94. The molecule has 0 saturated heterocycles. The number of aryl methyl sites for hydroxylation is 1. The Morgan fingerprint density at radius 3 is 3.06 bits per heavy atom. The molecule has 92 valence electrons. The number of hydrogen-bond acceptors (Lipinski definition) is 4. The predicted molar refractivity (Wildman–Crippen MR) is 66.1 cm³/mol. The van der Waals surface area contributed by atoms with Crippen LogP contribution in [0, 0.1) is 11.3 Å². The van der Waals surface area contributed by atoms with Gasteiger partial charge in [-0.3, -0.25) is 9.78 Å². The Kier molecular flexibility index (Phi) is 5.93. The first-order chi connectivity index (χ1) is 8.27. The fourth-order valence-electron chi connectivity index (χ4n) is 1.45. The minimum atomic E-state index is -0.395. The zero-order valence-electron chi connectivity index (χ0n) is 10.1. The van der Waals surface area contributed by atoms with Crippen LogP contribution in [0.1, 0.15) is 25.3 Å². The van der Waals surface area contributed by atoms with Crippen LogP contribution in [0.25, 0.3) is 0 Å². The van der Waals surface area contributed by atoms with Crippen molar-refractivity contribution < 1.29 is 9.53 Å². The third-order valence-electron chi connectivity index (χ3n) is 2.52. The Hall–Kier alpha value is -1.71. The van der Waals surface area contributed by atoms with Gasteiger partial charge >= 0.3 is 5.97 Å². The molecule has 1 atom stereocenters. The summed E-state index contributed by atoms with van der Waals surface area (Å²) >= 11 is 0. The van der Waals surface area contributed by atoms with Crippen molar-refractivity contribution in [3.8, 4) is 0 Å². The third kappa shape index (κ3) is 4.76. The third-order valence-corrected chi connectivity index (χ3v) is 2.52. The molecule has 1 unspecified atom stereocenters. The van der Waals surface area contributed by atoms with Gasteiger partial charge in [0.1, 0.15) is 0 Å². The van der Waals surface area contributed by atoms with Gasteiger partial charge in [-0.05, 0) is 30.9 Å². The number of nitrogens with zero attached hydrogens (tertiary/aromatic N) is 1. The molecule has 0 radical (unpaired) electrons. The average molecular weight is 234 g/mol. The normalized spacial score (nSPS) is 11.8. The Balaban J connectivity index is 2.20. The van der Waals surface area contributed by atoms with Crippen LogP contribution in [0.3, 0.4) is 0 Å². The maximum atomic E-state index is 11.4. The van der Waals surface area contributed by atoms with E-state index in [1.54, 1.807) is 6.20 Å². The summed E-state index contributed by atoms with van der Waals surface area (Å²) in [7, 11) is 0. The number of esters is 1. The van der Waals surface area contributed by atoms with Crippen molar-refractivity contribution in [3.05, 3.63) is 30.1 Å². The van der Waals surface area contributed by atoms with Gasteiger partial charge in [0.25, 0.3) is 0 Å². The van der Waals surface area contributed by atoms with Gasteiger partial charge in [0.05, 0.1) is 12.5 Å². The molecule has 17 heavy (non-hydrogen) atoms. The summed E-state index contributed by atoms with van der Waals surface area (Å²) in [6, 6.07) is 3.89. The van der Waals surface area contributed by atoms with Gasteiger partial charge in [0.15, 0.2) is 0 Å². The number of pyridine rings is 1. The van der Waals surface area contributed by atoms with Crippen molar-refractivity contribution in [2.45, 2.75) is 26.2 Å². The molecule has 4 nitrogen and oxygen atoms in total. The van der Waals surface area contributed by atoms with Gasteiger partial charge in [-0.2, -0.15) is 0 Å². The first-order valence-electron chi connectivity index (χ1n) is 5.84. The molecule has 0 spiro atoms. The van der Waals surface area contributed by atoms with Crippen molar-refractivity contribution in [2.75, 3.05) is 6.61 Å². The molecule has 0 aliphatic carbocycles. The molecular weight excluding hydrogens is 216 g/mol. The van der Waals surface area contributed by atoms with Gasteiger partial charge in [-0.15, -0.1) is 0 Å². The molecule has 0 aliphatic rings. The lowest BCUT2D eigenvalue weighted by Gasteiger charge is -2.09. The second-order valence-corrected chi connectivity index (χ2v) is 3.81.